The summed E-state index contributed by atoms with van der Waals surface area (Å²) >= 11 is 0. The molecule has 3 heterocycles. The summed E-state index contributed by atoms with van der Waals surface area (Å²) in [6.07, 6.45) is 13.4. The predicted octanol–water partition coefficient (Wildman–Crippen LogP) is 3.20. The number of hydrogen-bond acceptors (Lipinski definition) is 3. The van der Waals surface area contributed by atoms with E-state index >= 15 is 0 Å². The minimum absolute atomic E-state index is 0.847. The van der Waals surface area contributed by atoms with Gasteiger partial charge in [-0.1, -0.05) is 6.08 Å². The second kappa shape index (κ2) is 4.81. The molecule has 0 N–H and O–H groups in total. The number of aryl methyl sites for hydroxylation is 2. The van der Waals surface area contributed by atoms with Gasteiger partial charge in [0.05, 0.1) is 5.69 Å². The van der Waals surface area contributed by atoms with Crippen LogP contribution in [0.3, 0.4) is 0 Å². The van der Waals surface area contributed by atoms with Crippen LogP contribution in [0.2, 0.25) is 0 Å². The van der Waals surface area contributed by atoms with Crippen LogP contribution < -0.4 is 0 Å². The Hall–Kier alpha value is -2.49. The molecule has 1 aliphatic rings. The smallest absolute Gasteiger partial charge is 0.136 e. The number of aromatic nitrogens is 4. The van der Waals surface area contributed by atoms with Crippen LogP contribution in [0.15, 0.2) is 43.0 Å². The van der Waals surface area contributed by atoms with Crippen LogP contribution in [0.25, 0.3) is 11.2 Å². The molecule has 1 aliphatic carbocycles. The van der Waals surface area contributed by atoms with Crippen molar-refractivity contribution in [2.75, 3.05) is 0 Å². The third kappa shape index (κ3) is 2.13. The largest absolute Gasteiger partial charge is 0.306 e. The van der Waals surface area contributed by atoms with Crippen molar-refractivity contribution in [2.24, 2.45) is 0 Å². The molecule has 0 aromatic carbocycles. The minimum Gasteiger partial charge on any atom is -0.306 e. The fourth-order valence-corrected chi connectivity index (χ4v) is 2.91. The Morgan fingerprint density at radius 3 is 3.10 bits per heavy atom. The molecule has 0 unspecified atom stereocenters. The molecule has 0 amide bonds. The van der Waals surface area contributed by atoms with E-state index in [1.54, 1.807) is 0 Å². The first-order valence-electron chi connectivity index (χ1n) is 7.27. The zero-order valence-electron chi connectivity index (χ0n) is 12.0. The van der Waals surface area contributed by atoms with E-state index in [-0.39, 0.29) is 0 Å². The highest BCUT2D eigenvalue weighted by Crippen LogP contribution is 2.29. The van der Waals surface area contributed by atoms with Crippen molar-refractivity contribution in [2.45, 2.75) is 26.2 Å². The molecule has 0 spiro atoms. The number of allylic oxidation sites excluding steroid dienone is 1. The van der Waals surface area contributed by atoms with Crippen LogP contribution in [-0.2, 0) is 6.42 Å². The first kappa shape index (κ1) is 12.3. The molecule has 0 bridgehead atoms. The lowest BCUT2D eigenvalue weighted by Crippen LogP contribution is -2.01. The molecular formula is C17H16N4. The van der Waals surface area contributed by atoms with Crippen LogP contribution >= 0.6 is 0 Å². The van der Waals surface area contributed by atoms with Crippen molar-refractivity contribution in [3.63, 3.8) is 0 Å². The summed E-state index contributed by atoms with van der Waals surface area (Å²) < 4.78 is 2.05. The highest BCUT2D eigenvalue weighted by atomic mass is 15.0. The molecule has 0 radical (unpaired) electrons. The van der Waals surface area contributed by atoms with E-state index in [0.717, 1.165) is 42.0 Å². The second-order valence-electron chi connectivity index (χ2n) is 5.40. The van der Waals surface area contributed by atoms with Crippen molar-refractivity contribution < 1.29 is 0 Å². The van der Waals surface area contributed by atoms with Crippen LogP contribution in [-0.4, -0.2) is 19.4 Å². The van der Waals surface area contributed by atoms with Gasteiger partial charge in [0, 0.05) is 30.4 Å². The van der Waals surface area contributed by atoms with Gasteiger partial charge in [0.25, 0.3) is 0 Å². The van der Waals surface area contributed by atoms with Gasteiger partial charge in [-0.3, -0.25) is 0 Å². The number of fused-ring (bicyclic) bond motifs is 2. The first-order chi connectivity index (χ1) is 10.3. The lowest BCUT2D eigenvalue weighted by Gasteiger charge is -2.11. The van der Waals surface area contributed by atoms with E-state index in [0.29, 0.717) is 0 Å². The first-order valence-corrected chi connectivity index (χ1v) is 7.27. The van der Waals surface area contributed by atoms with E-state index in [2.05, 4.69) is 43.8 Å². The standard InChI is InChI=1S/C17H16N4/c1-12-19-10-15-14(4-2-3-5-16(15)20-12)13-6-7-17-18-8-9-21(17)11-13/h4,6-11H,2-3,5H2,1H3. The van der Waals surface area contributed by atoms with E-state index in [9.17, 15) is 0 Å². The Morgan fingerprint density at radius 1 is 1.19 bits per heavy atom. The van der Waals surface area contributed by atoms with E-state index in [1.807, 2.05) is 25.5 Å². The van der Waals surface area contributed by atoms with Gasteiger partial charge in [0.1, 0.15) is 11.5 Å². The van der Waals surface area contributed by atoms with Crippen LogP contribution in [0, 0.1) is 6.92 Å². The summed E-state index contributed by atoms with van der Waals surface area (Å²) in [5, 5.41) is 0. The molecule has 104 valence electrons. The zero-order valence-corrected chi connectivity index (χ0v) is 12.0. The van der Waals surface area contributed by atoms with Gasteiger partial charge >= 0.3 is 0 Å². The lowest BCUT2D eigenvalue weighted by atomic mass is 9.99. The van der Waals surface area contributed by atoms with Gasteiger partial charge in [0.2, 0.25) is 0 Å². The highest BCUT2D eigenvalue weighted by molar-refractivity contribution is 5.81. The second-order valence-corrected chi connectivity index (χ2v) is 5.40. The van der Waals surface area contributed by atoms with Crippen LogP contribution in [0.5, 0.6) is 0 Å². The maximum atomic E-state index is 4.63. The maximum Gasteiger partial charge on any atom is 0.136 e. The Bertz CT molecular complexity index is 845. The fraction of sp³-hybridized carbons (Fsp3) is 0.235. The van der Waals surface area contributed by atoms with Gasteiger partial charge in [-0.05, 0) is 49.5 Å². The quantitative estimate of drug-likeness (QED) is 0.685. The van der Waals surface area contributed by atoms with Gasteiger partial charge in [-0.2, -0.15) is 0 Å². The summed E-state index contributed by atoms with van der Waals surface area (Å²) in [7, 11) is 0. The van der Waals surface area contributed by atoms with Crippen molar-refractivity contribution in [3.05, 3.63) is 65.6 Å². The number of nitrogens with zero attached hydrogens (tertiary/aromatic N) is 4. The van der Waals surface area contributed by atoms with Crippen molar-refractivity contribution in [1.29, 1.82) is 0 Å². The summed E-state index contributed by atoms with van der Waals surface area (Å²) in [6.45, 7) is 1.95. The summed E-state index contributed by atoms with van der Waals surface area (Å²) in [4.78, 5) is 13.3. The summed E-state index contributed by atoms with van der Waals surface area (Å²) in [5.41, 5.74) is 5.72. The average Bonchev–Trinajstić information content (AvgIpc) is 2.86. The van der Waals surface area contributed by atoms with Crippen LogP contribution in [0.1, 0.15) is 35.5 Å². The third-order valence-electron chi connectivity index (χ3n) is 3.94. The molecule has 0 atom stereocenters. The number of hydrogen-bond donors (Lipinski definition) is 0. The Labute approximate surface area is 123 Å². The van der Waals surface area contributed by atoms with Gasteiger partial charge in [0.15, 0.2) is 0 Å². The number of pyridine rings is 1. The van der Waals surface area contributed by atoms with Crippen LogP contribution in [0.4, 0.5) is 0 Å². The van der Waals surface area contributed by atoms with Gasteiger partial charge in [-0.15, -0.1) is 0 Å². The summed E-state index contributed by atoms with van der Waals surface area (Å²) in [6, 6.07) is 4.18. The third-order valence-corrected chi connectivity index (χ3v) is 3.94. The van der Waals surface area contributed by atoms with Gasteiger partial charge in [-0.25, -0.2) is 15.0 Å². The SMILES string of the molecule is Cc1ncc2c(n1)CCCC=C2c1ccc2nccn2c1. The minimum atomic E-state index is 0.847. The van der Waals surface area contributed by atoms with Crippen molar-refractivity contribution in [1.82, 2.24) is 19.4 Å². The Kier molecular flexibility index (Phi) is 2.81. The van der Waals surface area contributed by atoms with Crippen molar-refractivity contribution in [3.8, 4) is 0 Å². The van der Waals surface area contributed by atoms with Crippen molar-refractivity contribution >= 4 is 11.2 Å². The number of rotatable bonds is 1. The Morgan fingerprint density at radius 2 is 2.14 bits per heavy atom. The number of imidazole rings is 1. The molecule has 4 heteroatoms. The topological polar surface area (TPSA) is 43.1 Å². The van der Waals surface area contributed by atoms with Gasteiger partial charge < -0.3 is 4.40 Å². The van der Waals surface area contributed by atoms with E-state index < -0.39 is 0 Å². The predicted molar refractivity (Wildman–Crippen MR) is 82.0 cm³/mol. The lowest BCUT2D eigenvalue weighted by molar-refractivity contribution is 0.812. The molecule has 4 rings (SSSR count). The fourth-order valence-electron chi connectivity index (χ4n) is 2.91. The summed E-state index contributed by atoms with van der Waals surface area (Å²) in [5.74, 6) is 0.847. The normalized spacial score (nSPS) is 14.6. The molecular weight excluding hydrogens is 260 g/mol. The zero-order chi connectivity index (χ0) is 14.2. The molecule has 0 saturated heterocycles. The van der Waals surface area contributed by atoms with E-state index in [1.165, 1.54) is 11.1 Å². The molecule has 3 aromatic rings. The molecule has 4 nitrogen and oxygen atoms in total. The molecule has 3 aromatic heterocycles. The molecule has 0 aliphatic heterocycles. The maximum absolute atomic E-state index is 4.63. The molecule has 0 fully saturated rings. The monoisotopic (exact) mass is 276 g/mol. The highest BCUT2D eigenvalue weighted by Gasteiger charge is 2.15. The van der Waals surface area contributed by atoms with E-state index in [4.69, 9.17) is 0 Å². The molecule has 0 saturated carbocycles. The molecule has 21 heavy (non-hydrogen) atoms. The average molecular weight is 276 g/mol. The Balaban J connectivity index is 1.89.